The summed E-state index contributed by atoms with van der Waals surface area (Å²) in [5.41, 5.74) is -0.478. The second-order valence-electron chi connectivity index (χ2n) is 5.49. The lowest BCUT2D eigenvalue weighted by Gasteiger charge is -2.39. The third-order valence-corrected chi connectivity index (χ3v) is 4.08. The van der Waals surface area contributed by atoms with Crippen molar-refractivity contribution in [3.05, 3.63) is 17.8 Å². The van der Waals surface area contributed by atoms with Gasteiger partial charge in [0.25, 0.3) is 5.91 Å². The Hall–Kier alpha value is -1.85. The minimum Gasteiger partial charge on any atom is -0.481 e. The van der Waals surface area contributed by atoms with E-state index in [0.29, 0.717) is 25.0 Å². The Morgan fingerprint density at radius 1 is 1.55 bits per heavy atom. The molecule has 110 valence electrons. The van der Waals surface area contributed by atoms with Crippen LogP contribution < -0.4 is 5.32 Å². The molecule has 2 N–H and O–H groups in total. The molecule has 6 nitrogen and oxygen atoms in total. The van der Waals surface area contributed by atoms with Gasteiger partial charge < -0.3 is 14.8 Å². The van der Waals surface area contributed by atoms with E-state index in [1.807, 2.05) is 6.92 Å². The van der Waals surface area contributed by atoms with E-state index < -0.39 is 17.4 Å². The molecule has 20 heavy (non-hydrogen) atoms. The highest BCUT2D eigenvalue weighted by Gasteiger charge is 2.42. The molecule has 1 heterocycles. The highest BCUT2D eigenvalue weighted by atomic mass is 16.4. The molecule has 1 aromatic rings. The van der Waals surface area contributed by atoms with Gasteiger partial charge >= 0.3 is 5.97 Å². The summed E-state index contributed by atoms with van der Waals surface area (Å²) in [5, 5.41) is 12.2. The minimum atomic E-state index is -0.858. The van der Waals surface area contributed by atoms with E-state index in [4.69, 9.17) is 4.42 Å². The Kier molecular flexibility index (Phi) is 4.11. The number of carbonyl (C=O) groups is 2. The summed E-state index contributed by atoms with van der Waals surface area (Å²) in [4.78, 5) is 27.6. The van der Waals surface area contributed by atoms with Crippen LogP contribution in [0.3, 0.4) is 0 Å². The quantitative estimate of drug-likeness (QED) is 0.880. The molecule has 1 aliphatic rings. The largest absolute Gasteiger partial charge is 0.481 e. The predicted molar refractivity (Wildman–Crippen MR) is 71.3 cm³/mol. The van der Waals surface area contributed by atoms with E-state index in [0.717, 1.165) is 12.8 Å². The number of hydrogen-bond acceptors (Lipinski definition) is 4. The second kappa shape index (κ2) is 5.64. The SMILES string of the molecule is CCc1ocnc1C(=O)NC1(C)CCCCC1C(=O)O. The average Bonchev–Trinajstić information content (AvgIpc) is 2.86. The Labute approximate surface area is 117 Å². The maximum absolute atomic E-state index is 12.3. The zero-order valence-electron chi connectivity index (χ0n) is 11.8. The van der Waals surface area contributed by atoms with Gasteiger partial charge in [-0.2, -0.15) is 0 Å². The van der Waals surface area contributed by atoms with E-state index in [-0.39, 0.29) is 11.6 Å². The fourth-order valence-electron chi connectivity index (χ4n) is 2.90. The zero-order valence-corrected chi connectivity index (χ0v) is 11.8. The first-order valence-electron chi connectivity index (χ1n) is 6.95. The molecule has 0 spiro atoms. The molecule has 0 bridgehead atoms. The molecule has 2 unspecified atom stereocenters. The third-order valence-electron chi connectivity index (χ3n) is 4.08. The molecule has 1 saturated carbocycles. The number of rotatable bonds is 4. The van der Waals surface area contributed by atoms with Gasteiger partial charge in [0.15, 0.2) is 12.1 Å². The number of oxazole rings is 1. The van der Waals surface area contributed by atoms with Crippen LogP contribution in [0.15, 0.2) is 10.8 Å². The Morgan fingerprint density at radius 3 is 2.95 bits per heavy atom. The van der Waals surface area contributed by atoms with E-state index in [2.05, 4.69) is 10.3 Å². The number of carboxylic acid groups (broad SMARTS) is 1. The lowest BCUT2D eigenvalue weighted by molar-refractivity contribution is -0.145. The molecule has 1 fully saturated rings. The van der Waals surface area contributed by atoms with Crippen molar-refractivity contribution in [2.75, 3.05) is 0 Å². The van der Waals surface area contributed by atoms with Crippen molar-refractivity contribution in [1.82, 2.24) is 10.3 Å². The third kappa shape index (κ3) is 2.69. The monoisotopic (exact) mass is 280 g/mol. The van der Waals surface area contributed by atoms with Crippen molar-refractivity contribution in [2.45, 2.75) is 51.5 Å². The molecule has 0 radical (unpaired) electrons. The summed E-state index contributed by atoms with van der Waals surface area (Å²) in [6.45, 7) is 3.67. The van der Waals surface area contributed by atoms with Crippen molar-refractivity contribution >= 4 is 11.9 Å². The topological polar surface area (TPSA) is 92.4 Å². The van der Waals surface area contributed by atoms with Crippen LogP contribution in [-0.4, -0.2) is 27.5 Å². The highest BCUT2D eigenvalue weighted by Crippen LogP contribution is 2.34. The van der Waals surface area contributed by atoms with Crippen LogP contribution in [0, 0.1) is 5.92 Å². The molecule has 0 aliphatic heterocycles. The van der Waals surface area contributed by atoms with E-state index >= 15 is 0 Å². The van der Waals surface area contributed by atoms with Crippen molar-refractivity contribution in [3.8, 4) is 0 Å². The van der Waals surface area contributed by atoms with Crippen LogP contribution in [0.2, 0.25) is 0 Å². The second-order valence-corrected chi connectivity index (χ2v) is 5.49. The number of nitrogens with zero attached hydrogens (tertiary/aromatic N) is 1. The zero-order chi connectivity index (χ0) is 14.8. The van der Waals surface area contributed by atoms with Gasteiger partial charge in [0, 0.05) is 6.42 Å². The minimum absolute atomic E-state index is 0.253. The van der Waals surface area contributed by atoms with Gasteiger partial charge in [-0.25, -0.2) is 4.98 Å². The first kappa shape index (κ1) is 14.6. The average molecular weight is 280 g/mol. The molecule has 2 rings (SSSR count). The fourth-order valence-corrected chi connectivity index (χ4v) is 2.90. The van der Waals surface area contributed by atoms with Crippen molar-refractivity contribution in [3.63, 3.8) is 0 Å². The van der Waals surface area contributed by atoms with E-state index in [1.54, 1.807) is 6.92 Å². The molecular formula is C14H20N2O4. The molecule has 1 amide bonds. The predicted octanol–water partition coefficient (Wildman–Crippen LogP) is 2.00. The number of aliphatic carboxylic acids is 1. The number of carbonyl (C=O) groups excluding carboxylic acids is 1. The van der Waals surface area contributed by atoms with Gasteiger partial charge in [-0.1, -0.05) is 19.8 Å². The van der Waals surface area contributed by atoms with Gasteiger partial charge in [0.1, 0.15) is 5.76 Å². The van der Waals surface area contributed by atoms with E-state index in [9.17, 15) is 14.7 Å². The molecule has 1 aromatic heterocycles. The summed E-state index contributed by atoms with van der Waals surface area (Å²) in [5.74, 6) is -1.25. The maximum atomic E-state index is 12.3. The standard InChI is InChI=1S/C14H20N2O4/c1-3-10-11(15-8-20-10)12(17)16-14(2)7-5-4-6-9(14)13(18)19/h8-9H,3-7H2,1-2H3,(H,16,17)(H,18,19). The van der Waals surface area contributed by atoms with Gasteiger partial charge in [-0.05, 0) is 19.8 Å². The summed E-state index contributed by atoms with van der Waals surface area (Å²) >= 11 is 0. The molecule has 0 saturated heterocycles. The van der Waals surface area contributed by atoms with Crippen LogP contribution >= 0.6 is 0 Å². The first-order chi connectivity index (χ1) is 9.48. The first-order valence-corrected chi connectivity index (χ1v) is 6.95. The van der Waals surface area contributed by atoms with Crippen LogP contribution in [0.5, 0.6) is 0 Å². The summed E-state index contributed by atoms with van der Waals surface area (Å²) < 4.78 is 5.14. The van der Waals surface area contributed by atoms with Crippen LogP contribution in [0.4, 0.5) is 0 Å². The fraction of sp³-hybridized carbons (Fsp3) is 0.643. The summed E-state index contributed by atoms with van der Waals surface area (Å²) in [6, 6.07) is 0. The van der Waals surface area contributed by atoms with Crippen LogP contribution in [-0.2, 0) is 11.2 Å². The maximum Gasteiger partial charge on any atom is 0.308 e. The van der Waals surface area contributed by atoms with Gasteiger partial charge in [0.05, 0.1) is 11.5 Å². The highest BCUT2D eigenvalue weighted by molar-refractivity contribution is 5.94. The number of carboxylic acids is 1. The lowest BCUT2D eigenvalue weighted by atomic mass is 9.74. The van der Waals surface area contributed by atoms with Crippen LogP contribution in [0.25, 0.3) is 0 Å². The Balaban J connectivity index is 2.18. The van der Waals surface area contributed by atoms with Gasteiger partial charge in [-0.15, -0.1) is 0 Å². The van der Waals surface area contributed by atoms with Gasteiger partial charge in [-0.3, -0.25) is 9.59 Å². The lowest BCUT2D eigenvalue weighted by Crippen LogP contribution is -2.55. The van der Waals surface area contributed by atoms with Gasteiger partial charge in [0.2, 0.25) is 0 Å². The summed E-state index contributed by atoms with van der Waals surface area (Å²) in [7, 11) is 0. The molecule has 1 aliphatic carbocycles. The number of nitrogens with one attached hydrogen (secondary N) is 1. The number of aromatic nitrogens is 1. The molecular weight excluding hydrogens is 260 g/mol. The molecule has 6 heteroatoms. The van der Waals surface area contributed by atoms with Crippen LogP contribution in [0.1, 0.15) is 55.8 Å². The smallest absolute Gasteiger partial charge is 0.308 e. The van der Waals surface area contributed by atoms with Crippen molar-refractivity contribution < 1.29 is 19.1 Å². The van der Waals surface area contributed by atoms with Crippen molar-refractivity contribution in [2.24, 2.45) is 5.92 Å². The Morgan fingerprint density at radius 2 is 2.30 bits per heavy atom. The summed E-state index contributed by atoms with van der Waals surface area (Å²) in [6.07, 6.45) is 4.86. The normalized spacial score (nSPS) is 26.2. The number of aryl methyl sites for hydroxylation is 1. The molecule has 2 atom stereocenters. The van der Waals surface area contributed by atoms with E-state index in [1.165, 1.54) is 6.39 Å². The number of amides is 1. The van der Waals surface area contributed by atoms with Crippen molar-refractivity contribution in [1.29, 1.82) is 0 Å². The number of hydrogen-bond donors (Lipinski definition) is 2. The molecule has 0 aromatic carbocycles. The Bertz CT molecular complexity index is 511.